The molecule has 5 heteroatoms. The highest BCUT2D eigenvalue weighted by Crippen LogP contribution is 2.23. The summed E-state index contributed by atoms with van der Waals surface area (Å²) in [6.07, 6.45) is 2.38. The fraction of sp³-hybridized carbons (Fsp3) is 0.556. The van der Waals surface area contributed by atoms with E-state index >= 15 is 0 Å². The van der Waals surface area contributed by atoms with Crippen molar-refractivity contribution in [1.29, 1.82) is 0 Å². The highest BCUT2D eigenvalue weighted by Gasteiger charge is 2.19. The summed E-state index contributed by atoms with van der Waals surface area (Å²) in [5.74, 6) is 1.17. The number of piperidine rings is 1. The van der Waals surface area contributed by atoms with Gasteiger partial charge < -0.3 is 10.2 Å². The first-order valence-corrected chi connectivity index (χ1v) is 9.55. The van der Waals surface area contributed by atoms with Gasteiger partial charge in [-0.25, -0.2) is 0 Å². The van der Waals surface area contributed by atoms with Crippen LogP contribution in [-0.4, -0.2) is 34.0 Å². The van der Waals surface area contributed by atoms with E-state index in [0.717, 1.165) is 40.1 Å². The van der Waals surface area contributed by atoms with Crippen molar-refractivity contribution in [2.24, 2.45) is 5.92 Å². The normalized spacial score (nSPS) is 15.6. The molecule has 1 aromatic carbocycles. The SMILES string of the molecule is Cc1cc(C)c(NC(=O)CSC(=S)N2CCC(C)CC2)c(C)c1. The Balaban J connectivity index is 1.85. The van der Waals surface area contributed by atoms with Crippen molar-refractivity contribution < 1.29 is 4.79 Å². The van der Waals surface area contributed by atoms with Crippen molar-refractivity contribution in [3.8, 4) is 0 Å². The molecule has 0 bridgehead atoms. The third-order valence-corrected chi connectivity index (χ3v) is 5.83. The maximum Gasteiger partial charge on any atom is 0.234 e. The molecule has 0 radical (unpaired) electrons. The average molecular weight is 351 g/mol. The number of nitrogens with one attached hydrogen (secondary N) is 1. The largest absolute Gasteiger partial charge is 0.357 e. The second kappa shape index (κ2) is 8.15. The van der Waals surface area contributed by atoms with Crippen LogP contribution in [0.5, 0.6) is 0 Å². The molecule has 1 saturated heterocycles. The van der Waals surface area contributed by atoms with Crippen LogP contribution in [-0.2, 0) is 4.79 Å². The molecule has 0 aromatic heterocycles. The number of hydrogen-bond donors (Lipinski definition) is 1. The first-order valence-electron chi connectivity index (χ1n) is 8.16. The van der Waals surface area contributed by atoms with Crippen molar-refractivity contribution in [1.82, 2.24) is 4.90 Å². The summed E-state index contributed by atoms with van der Waals surface area (Å²) in [4.78, 5) is 14.5. The number of thiocarbonyl (C=S) groups is 1. The van der Waals surface area contributed by atoms with E-state index in [0.29, 0.717) is 5.75 Å². The highest BCUT2D eigenvalue weighted by atomic mass is 32.2. The molecule has 1 N–H and O–H groups in total. The lowest BCUT2D eigenvalue weighted by atomic mass is 10.00. The number of carbonyl (C=O) groups is 1. The molecule has 1 aliphatic rings. The zero-order valence-electron chi connectivity index (χ0n) is 14.4. The van der Waals surface area contributed by atoms with Gasteiger partial charge in [-0.2, -0.15) is 0 Å². The predicted octanol–water partition coefficient (Wildman–Crippen LogP) is 4.30. The Labute approximate surface area is 149 Å². The van der Waals surface area contributed by atoms with Crippen LogP contribution in [0.2, 0.25) is 0 Å². The van der Waals surface area contributed by atoms with Gasteiger partial charge in [0.2, 0.25) is 5.91 Å². The van der Waals surface area contributed by atoms with Crippen LogP contribution in [0, 0.1) is 26.7 Å². The Hall–Kier alpha value is -1.07. The van der Waals surface area contributed by atoms with Gasteiger partial charge >= 0.3 is 0 Å². The summed E-state index contributed by atoms with van der Waals surface area (Å²) in [7, 11) is 0. The molecule has 23 heavy (non-hydrogen) atoms. The van der Waals surface area contributed by atoms with Gasteiger partial charge in [0, 0.05) is 18.8 Å². The van der Waals surface area contributed by atoms with Crippen molar-refractivity contribution in [2.45, 2.75) is 40.5 Å². The molecule has 1 heterocycles. The maximum atomic E-state index is 12.2. The molecule has 0 atom stereocenters. The van der Waals surface area contributed by atoms with Gasteiger partial charge in [0.15, 0.2) is 0 Å². The van der Waals surface area contributed by atoms with E-state index in [2.05, 4.69) is 36.2 Å². The molecule has 0 saturated carbocycles. The Morgan fingerprint density at radius 1 is 1.26 bits per heavy atom. The lowest BCUT2D eigenvalue weighted by Crippen LogP contribution is -2.36. The Kier molecular flexibility index (Phi) is 6.48. The first-order chi connectivity index (χ1) is 10.9. The zero-order valence-corrected chi connectivity index (χ0v) is 16.1. The molecule has 1 aromatic rings. The lowest BCUT2D eigenvalue weighted by molar-refractivity contribution is -0.113. The topological polar surface area (TPSA) is 32.3 Å². The predicted molar refractivity (Wildman–Crippen MR) is 104 cm³/mol. The quantitative estimate of drug-likeness (QED) is 0.824. The Morgan fingerprint density at radius 2 is 1.83 bits per heavy atom. The molecule has 1 fully saturated rings. The van der Waals surface area contributed by atoms with Crippen molar-refractivity contribution in [3.63, 3.8) is 0 Å². The minimum absolute atomic E-state index is 0.0118. The summed E-state index contributed by atoms with van der Waals surface area (Å²) in [5, 5.41) is 3.03. The molecule has 1 amide bonds. The van der Waals surface area contributed by atoms with Crippen LogP contribution in [0.3, 0.4) is 0 Å². The number of likely N-dealkylation sites (tertiary alicyclic amines) is 1. The third kappa shape index (κ3) is 5.21. The van der Waals surface area contributed by atoms with Crippen LogP contribution in [0.1, 0.15) is 36.5 Å². The van der Waals surface area contributed by atoms with E-state index < -0.39 is 0 Å². The van der Waals surface area contributed by atoms with Crippen molar-refractivity contribution >= 4 is 39.9 Å². The second-order valence-corrected chi connectivity index (χ2v) is 8.16. The molecule has 2 rings (SSSR count). The van der Waals surface area contributed by atoms with E-state index in [-0.39, 0.29) is 5.91 Å². The summed E-state index contributed by atoms with van der Waals surface area (Å²) >= 11 is 6.94. The van der Waals surface area contributed by atoms with Crippen LogP contribution in [0.15, 0.2) is 12.1 Å². The fourth-order valence-corrected chi connectivity index (χ4v) is 4.01. The van der Waals surface area contributed by atoms with Gasteiger partial charge in [-0.05, 0) is 50.7 Å². The minimum atomic E-state index is 0.0118. The van der Waals surface area contributed by atoms with E-state index in [1.165, 1.54) is 30.2 Å². The summed E-state index contributed by atoms with van der Waals surface area (Å²) < 4.78 is 0.851. The van der Waals surface area contributed by atoms with E-state index in [4.69, 9.17) is 12.2 Å². The number of thioether (sulfide) groups is 1. The summed E-state index contributed by atoms with van der Waals surface area (Å²) in [6.45, 7) is 10.5. The molecule has 126 valence electrons. The average Bonchev–Trinajstić information content (AvgIpc) is 2.49. The monoisotopic (exact) mass is 350 g/mol. The van der Waals surface area contributed by atoms with Gasteiger partial charge in [-0.15, -0.1) is 0 Å². The van der Waals surface area contributed by atoms with Crippen LogP contribution in [0.4, 0.5) is 5.69 Å². The number of nitrogens with zero attached hydrogens (tertiary/aromatic N) is 1. The van der Waals surface area contributed by atoms with Crippen LogP contribution >= 0.6 is 24.0 Å². The Morgan fingerprint density at radius 3 is 2.39 bits per heavy atom. The molecular weight excluding hydrogens is 324 g/mol. The Bertz CT molecular complexity index is 570. The number of benzene rings is 1. The van der Waals surface area contributed by atoms with Crippen molar-refractivity contribution in [3.05, 3.63) is 28.8 Å². The first kappa shape index (κ1) is 18.3. The van der Waals surface area contributed by atoms with Gasteiger partial charge in [0.25, 0.3) is 0 Å². The smallest absolute Gasteiger partial charge is 0.234 e. The molecule has 0 unspecified atom stereocenters. The van der Waals surface area contributed by atoms with Crippen LogP contribution in [0.25, 0.3) is 0 Å². The van der Waals surface area contributed by atoms with E-state index in [9.17, 15) is 4.79 Å². The minimum Gasteiger partial charge on any atom is -0.357 e. The summed E-state index contributed by atoms with van der Waals surface area (Å²) in [6, 6.07) is 4.19. The molecule has 3 nitrogen and oxygen atoms in total. The number of amides is 1. The van der Waals surface area contributed by atoms with Gasteiger partial charge in [0.05, 0.1) is 5.75 Å². The van der Waals surface area contributed by atoms with Crippen LogP contribution < -0.4 is 5.32 Å². The molecule has 0 aliphatic carbocycles. The van der Waals surface area contributed by atoms with Gasteiger partial charge in [0.1, 0.15) is 4.32 Å². The number of rotatable bonds is 3. The molecule has 0 spiro atoms. The number of carbonyl (C=O) groups excluding carboxylic acids is 1. The fourth-order valence-electron chi connectivity index (χ4n) is 2.96. The van der Waals surface area contributed by atoms with Gasteiger partial charge in [-0.3, -0.25) is 4.79 Å². The van der Waals surface area contributed by atoms with E-state index in [1.807, 2.05) is 13.8 Å². The number of hydrogen-bond acceptors (Lipinski definition) is 3. The zero-order chi connectivity index (χ0) is 17.0. The number of aryl methyl sites for hydroxylation is 3. The third-order valence-electron chi connectivity index (χ3n) is 4.31. The van der Waals surface area contributed by atoms with Gasteiger partial charge in [-0.1, -0.05) is 48.6 Å². The lowest BCUT2D eigenvalue weighted by Gasteiger charge is -2.31. The van der Waals surface area contributed by atoms with Crippen molar-refractivity contribution in [2.75, 3.05) is 24.2 Å². The summed E-state index contributed by atoms with van der Waals surface area (Å²) in [5.41, 5.74) is 4.36. The van der Waals surface area contributed by atoms with E-state index in [1.54, 1.807) is 0 Å². The highest BCUT2D eigenvalue weighted by molar-refractivity contribution is 8.23. The second-order valence-electron chi connectivity index (χ2n) is 6.55. The maximum absolute atomic E-state index is 12.2. The number of anilines is 1. The molecular formula is C18H26N2OS2. The molecule has 1 aliphatic heterocycles. The standard InChI is InChI=1S/C18H26N2OS2/c1-12-5-7-20(8-6-12)18(22)23-11-16(21)19-17-14(3)9-13(2)10-15(17)4/h9-10,12H,5-8,11H2,1-4H3,(H,19,21).